The van der Waals surface area contributed by atoms with E-state index in [4.69, 9.17) is 0 Å². The van der Waals surface area contributed by atoms with Crippen LogP contribution in [0.15, 0.2) is 95.9 Å². The molecule has 9 heteroatoms. The van der Waals surface area contributed by atoms with Gasteiger partial charge < -0.3 is 5.32 Å². The van der Waals surface area contributed by atoms with Gasteiger partial charge in [-0.15, -0.1) is 0 Å². The van der Waals surface area contributed by atoms with Crippen LogP contribution in [-0.2, 0) is 16.4 Å². The molecule has 0 radical (unpaired) electrons. The summed E-state index contributed by atoms with van der Waals surface area (Å²) in [7, 11) is -3.82. The summed E-state index contributed by atoms with van der Waals surface area (Å²) >= 11 is 0. The molecule has 1 amide bonds. The SMILES string of the molecule is Cc1nc2ccc(C(=O)Nc3cccc(S(=O)(=O)N4CCCc5ccccc54)c3)cc2n1-c1ccc(F)cc1. The summed E-state index contributed by atoms with van der Waals surface area (Å²) in [4.78, 5) is 17.9. The van der Waals surface area contributed by atoms with E-state index in [0.29, 0.717) is 40.3 Å². The van der Waals surface area contributed by atoms with Crippen molar-refractivity contribution >= 4 is 38.3 Å². The monoisotopic (exact) mass is 540 g/mol. The number of nitrogens with zero attached hydrogens (tertiary/aromatic N) is 3. The minimum absolute atomic E-state index is 0.109. The van der Waals surface area contributed by atoms with Crippen LogP contribution in [0.3, 0.4) is 0 Å². The lowest BCUT2D eigenvalue weighted by molar-refractivity contribution is 0.102. The average Bonchev–Trinajstić information content (AvgIpc) is 3.28. The third-order valence-electron chi connectivity index (χ3n) is 6.92. The number of hydrogen-bond donors (Lipinski definition) is 1. The third kappa shape index (κ3) is 4.55. The van der Waals surface area contributed by atoms with Crippen LogP contribution in [0.4, 0.5) is 15.8 Å². The zero-order valence-electron chi connectivity index (χ0n) is 21.1. The van der Waals surface area contributed by atoms with E-state index in [2.05, 4.69) is 10.3 Å². The number of imidazole rings is 1. The van der Waals surface area contributed by atoms with Gasteiger partial charge in [0.05, 0.1) is 21.6 Å². The number of sulfonamides is 1. The molecule has 0 saturated heterocycles. The van der Waals surface area contributed by atoms with Crippen LogP contribution in [0, 0.1) is 12.7 Å². The van der Waals surface area contributed by atoms with Crippen LogP contribution in [-0.4, -0.2) is 30.4 Å². The number of carbonyl (C=O) groups is 1. The van der Waals surface area contributed by atoms with Gasteiger partial charge >= 0.3 is 0 Å². The number of anilines is 2. The number of para-hydroxylation sites is 1. The number of aryl methyl sites for hydroxylation is 2. The van der Waals surface area contributed by atoms with Crippen molar-refractivity contribution < 1.29 is 17.6 Å². The molecule has 0 atom stereocenters. The number of amides is 1. The molecule has 0 saturated carbocycles. The van der Waals surface area contributed by atoms with E-state index in [1.165, 1.54) is 28.6 Å². The summed E-state index contributed by atoms with van der Waals surface area (Å²) in [5.74, 6) is -0.0275. The van der Waals surface area contributed by atoms with Crippen LogP contribution < -0.4 is 9.62 Å². The predicted octanol–water partition coefficient (Wildman–Crippen LogP) is 5.87. The fraction of sp³-hybridized carbons (Fsp3) is 0.133. The molecule has 1 N–H and O–H groups in total. The van der Waals surface area contributed by atoms with E-state index >= 15 is 0 Å². The van der Waals surface area contributed by atoms with Crippen molar-refractivity contribution in [2.75, 3.05) is 16.2 Å². The van der Waals surface area contributed by atoms with Crippen LogP contribution in [0.5, 0.6) is 0 Å². The normalized spacial score (nSPS) is 13.3. The zero-order chi connectivity index (χ0) is 27.1. The van der Waals surface area contributed by atoms with E-state index in [-0.39, 0.29) is 16.6 Å². The molecule has 5 aromatic rings. The number of carbonyl (C=O) groups excluding carboxylic acids is 1. The van der Waals surface area contributed by atoms with Crippen molar-refractivity contribution in [3.8, 4) is 5.69 Å². The number of hydrogen-bond acceptors (Lipinski definition) is 4. The smallest absolute Gasteiger partial charge is 0.264 e. The van der Waals surface area contributed by atoms with E-state index in [1.54, 1.807) is 42.5 Å². The summed E-state index contributed by atoms with van der Waals surface area (Å²) in [5, 5.41) is 2.83. The highest BCUT2D eigenvalue weighted by Crippen LogP contribution is 2.32. The topological polar surface area (TPSA) is 84.3 Å². The van der Waals surface area contributed by atoms with Crippen LogP contribution >= 0.6 is 0 Å². The molecule has 1 aliphatic heterocycles. The van der Waals surface area contributed by atoms with E-state index in [9.17, 15) is 17.6 Å². The highest BCUT2D eigenvalue weighted by Gasteiger charge is 2.29. The summed E-state index contributed by atoms with van der Waals surface area (Å²) in [6, 6.07) is 25.0. The van der Waals surface area contributed by atoms with Crippen LogP contribution in [0.1, 0.15) is 28.2 Å². The second-order valence-corrected chi connectivity index (χ2v) is 11.3. The molecule has 4 aromatic carbocycles. The maximum Gasteiger partial charge on any atom is 0.264 e. The number of halogens is 1. The molecule has 0 unspecified atom stereocenters. The minimum Gasteiger partial charge on any atom is -0.322 e. The van der Waals surface area contributed by atoms with Gasteiger partial charge in [-0.3, -0.25) is 13.7 Å². The quantitative estimate of drug-likeness (QED) is 0.302. The van der Waals surface area contributed by atoms with Crippen molar-refractivity contribution in [3.63, 3.8) is 0 Å². The van der Waals surface area contributed by atoms with Gasteiger partial charge in [0.2, 0.25) is 0 Å². The molecule has 2 heterocycles. The van der Waals surface area contributed by atoms with Gasteiger partial charge in [0, 0.05) is 23.5 Å². The maximum absolute atomic E-state index is 13.6. The molecule has 7 nitrogen and oxygen atoms in total. The number of benzene rings is 4. The van der Waals surface area contributed by atoms with Gasteiger partial charge in [0.1, 0.15) is 11.6 Å². The summed E-state index contributed by atoms with van der Waals surface area (Å²) in [6.45, 7) is 2.24. The van der Waals surface area contributed by atoms with Gasteiger partial charge in [0.25, 0.3) is 15.9 Å². The van der Waals surface area contributed by atoms with Crippen LogP contribution in [0.2, 0.25) is 0 Å². The number of fused-ring (bicyclic) bond motifs is 2. The van der Waals surface area contributed by atoms with Crippen molar-refractivity contribution in [2.24, 2.45) is 0 Å². The fourth-order valence-electron chi connectivity index (χ4n) is 5.07. The van der Waals surface area contributed by atoms with E-state index in [0.717, 1.165) is 24.1 Å². The predicted molar refractivity (Wildman–Crippen MR) is 149 cm³/mol. The van der Waals surface area contributed by atoms with E-state index in [1.807, 2.05) is 35.8 Å². The molecule has 0 fully saturated rings. The first-order chi connectivity index (χ1) is 18.8. The highest BCUT2D eigenvalue weighted by atomic mass is 32.2. The standard InChI is InChI=1S/C30H25FN4O3S/c1-20-32-27-16-11-22(18-29(27)35(20)25-14-12-23(31)13-15-25)30(36)33-24-8-4-9-26(19-24)39(37,38)34-17-5-7-21-6-2-3-10-28(21)34/h2-4,6,8-16,18-19H,5,7,17H2,1H3,(H,33,36). The Morgan fingerprint density at radius 3 is 2.56 bits per heavy atom. The molecular formula is C30H25FN4O3S. The Kier molecular flexibility index (Phi) is 6.15. The van der Waals surface area contributed by atoms with Gasteiger partial charge in [-0.05, 0) is 92.1 Å². The lowest BCUT2D eigenvalue weighted by Crippen LogP contribution is -2.35. The van der Waals surface area contributed by atoms with Gasteiger partial charge in [-0.1, -0.05) is 24.3 Å². The van der Waals surface area contributed by atoms with Crippen molar-refractivity contribution in [3.05, 3.63) is 114 Å². The molecule has 6 rings (SSSR count). The summed E-state index contributed by atoms with van der Waals surface area (Å²) in [6.07, 6.45) is 1.57. The molecule has 39 heavy (non-hydrogen) atoms. The van der Waals surface area contributed by atoms with Crippen molar-refractivity contribution in [2.45, 2.75) is 24.7 Å². The van der Waals surface area contributed by atoms with Crippen molar-refractivity contribution in [1.82, 2.24) is 9.55 Å². The number of aromatic nitrogens is 2. The molecule has 0 bridgehead atoms. The Morgan fingerprint density at radius 1 is 0.949 bits per heavy atom. The van der Waals surface area contributed by atoms with Gasteiger partial charge in [-0.2, -0.15) is 0 Å². The molecular weight excluding hydrogens is 515 g/mol. The lowest BCUT2D eigenvalue weighted by atomic mass is 10.0. The zero-order valence-corrected chi connectivity index (χ0v) is 22.0. The average molecular weight is 541 g/mol. The highest BCUT2D eigenvalue weighted by molar-refractivity contribution is 7.92. The Balaban J connectivity index is 1.29. The summed E-state index contributed by atoms with van der Waals surface area (Å²) < 4.78 is 43.9. The summed E-state index contributed by atoms with van der Waals surface area (Å²) in [5.41, 5.74) is 4.57. The number of rotatable bonds is 5. The second-order valence-electron chi connectivity index (χ2n) is 9.47. The minimum atomic E-state index is -3.82. The lowest BCUT2D eigenvalue weighted by Gasteiger charge is -2.30. The Morgan fingerprint density at radius 2 is 1.74 bits per heavy atom. The van der Waals surface area contributed by atoms with Gasteiger partial charge in [0.15, 0.2) is 0 Å². The first-order valence-electron chi connectivity index (χ1n) is 12.6. The van der Waals surface area contributed by atoms with E-state index < -0.39 is 10.0 Å². The molecule has 1 aromatic heterocycles. The fourth-order valence-corrected chi connectivity index (χ4v) is 6.65. The Bertz CT molecular complexity index is 1830. The van der Waals surface area contributed by atoms with Gasteiger partial charge in [-0.25, -0.2) is 17.8 Å². The first kappa shape index (κ1) is 24.8. The van der Waals surface area contributed by atoms with Crippen LogP contribution in [0.25, 0.3) is 16.7 Å². The molecule has 196 valence electrons. The Hall–Kier alpha value is -4.50. The first-order valence-corrected chi connectivity index (χ1v) is 14.0. The maximum atomic E-state index is 13.6. The Labute approximate surface area is 225 Å². The largest absolute Gasteiger partial charge is 0.322 e. The molecule has 0 aliphatic carbocycles. The molecule has 1 aliphatic rings. The van der Waals surface area contributed by atoms with Crippen molar-refractivity contribution in [1.29, 1.82) is 0 Å². The third-order valence-corrected chi connectivity index (χ3v) is 8.73. The number of nitrogens with one attached hydrogen (secondary N) is 1. The second kappa shape index (κ2) is 9.67. The molecule has 0 spiro atoms.